The van der Waals surface area contributed by atoms with Crippen LogP contribution in [0, 0.1) is 0 Å². The van der Waals surface area contributed by atoms with Crippen LogP contribution in [0.15, 0.2) is 58.2 Å². The van der Waals surface area contributed by atoms with E-state index in [0.29, 0.717) is 45.4 Å². The molecule has 1 aliphatic heterocycles. The van der Waals surface area contributed by atoms with Gasteiger partial charge in [0.05, 0.1) is 18.7 Å². The molecule has 0 aliphatic carbocycles. The summed E-state index contributed by atoms with van der Waals surface area (Å²) in [6.45, 7) is 6.64. The van der Waals surface area contributed by atoms with Crippen molar-refractivity contribution in [2.45, 2.75) is 19.9 Å². The zero-order valence-electron chi connectivity index (χ0n) is 19.7. The van der Waals surface area contributed by atoms with Crippen molar-refractivity contribution >= 4 is 45.9 Å². The first-order valence-corrected chi connectivity index (χ1v) is 12.1. The summed E-state index contributed by atoms with van der Waals surface area (Å²) in [6, 6.07) is 10.9. The van der Waals surface area contributed by atoms with Crippen molar-refractivity contribution in [2.75, 3.05) is 33.3 Å². The number of benzene rings is 2. The molecule has 0 fully saturated rings. The van der Waals surface area contributed by atoms with Crippen molar-refractivity contribution in [1.82, 2.24) is 9.80 Å². The van der Waals surface area contributed by atoms with Gasteiger partial charge in [-0.1, -0.05) is 49.2 Å². The zero-order chi connectivity index (χ0) is 25.3. The number of likely N-dealkylation sites (N-methyl/N-ethyl adjacent to an activating group) is 1. The van der Waals surface area contributed by atoms with Crippen LogP contribution in [-0.2, 0) is 4.79 Å². The third kappa shape index (κ3) is 4.76. The first kappa shape index (κ1) is 25.1. The number of carbonyl (C=O) groups excluding carboxylic acids is 2. The van der Waals surface area contributed by atoms with Crippen LogP contribution in [0.4, 0.5) is 0 Å². The number of fused-ring (bicyclic) bond motifs is 1. The Morgan fingerprint density at radius 1 is 1.11 bits per heavy atom. The number of amides is 1. The molecular weight excluding hydrogens is 491 g/mol. The molecule has 1 aromatic heterocycles. The van der Waals surface area contributed by atoms with E-state index in [2.05, 4.69) is 4.90 Å². The molecule has 184 valence electrons. The molecule has 3 aromatic rings. The van der Waals surface area contributed by atoms with Crippen molar-refractivity contribution < 1.29 is 23.8 Å². The Bertz CT molecular complexity index is 1300. The Hall–Kier alpha value is -3.00. The fraction of sp³-hybridized carbons (Fsp3) is 0.308. The highest BCUT2D eigenvalue weighted by atomic mass is 35.5. The summed E-state index contributed by atoms with van der Waals surface area (Å²) < 4.78 is 11.2. The standard InChI is InChI=1S/C26H26Cl2N2O5/c1-4-29(5-2)10-11-30-22(15-6-8-17(27)9-7-15)21(24(32)26(30)33)23(31)19-13-16-12-18(28)14-20(34-3)25(16)35-19/h6-9,12-14,22,32H,4-5,10-11H2,1-3H3. The van der Waals surface area contributed by atoms with Gasteiger partial charge in [-0.05, 0) is 42.9 Å². The van der Waals surface area contributed by atoms with Gasteiger partial charge in [0.1, 0.15) is 0 Å². The fourth-order valence-electron chi connectivity index (χ4n) is 4.38. The number of ketones is 1. The van der Waals surface area contributed by atoms with Crippen LogP contribution >= 0.6 is 23.2 Å². The fourth-order valence-corrected chi connectivity index (χ4v) is 4.72. The molecule has 1 unspecified atom stereocenters. The quantitative estimate of drug-likeness (QED) is 0.369. The number of hydrogen-bond donors (Lipinski definition) is 1. The van der Waals surface area contributed by atoms with Crippen molar-refractivity contribution in [3.8, 4) is 5.75 Å². The molecule has 0 radical (unpaired) electrons. The summed E-state index contributed by atoms with van der Waals surface area (Å²) in [5.41, 5.74) is 0.971. The first-order chi connectivity index (χ1) is 16.8. The summed E-state index contributed by atoms with van der Waals surface area (Å²) in [4.78, 5) is 30.5. The molecule has 9 heteroatoms. The largest absolute Gasteiger partial charge is 0.503 e. The lowest BCUT2D eigenvalue weighted by Crippen LogP contribution is -2.38. The minimum atomic E-state index is -0.790. The van der Waals surface area contributed by atoms with E-state index in [4.69, 9.17) is 32.4 Å². The van der Waals surface area contributed by atoms with Gasteiger partial charge in [-0.3, -0.25) is 9.59 Å². The van der Waals surface area contributed by atoms with E-state index in [1.807, 2.05) is 13.8 Å². The molecule has 0 saturated carbocycles. The Labute approximate surface area is 213 Å². The number of nitrogens with zero attached hydrogens (tertiary/aromatic N) is 2. The number of halogens is 2. The van der Waals surface area contributed by atoms with Gasteiger partial charge in [-0.25, -0.2) is 0 Å². The number of hydrogen-bond acceptors (Lipinski definition) is 6. The van der Waals surface area contributed by atoms with Gasteiger partial charge in [0, 0.05) is 34.6 Å². The van der Waals surface area contributed by atoms with Crippen LogP contribution in [0.3, 0.4) is 0 Å². The Morgan fingerprint density at radius 3 is 2.43 bits per heavy atom. The van der Waals surface area contributed by atoms with Gasteiger partial charge in [-0.15, -0.1) is 0 Å². The third-order valence-corrected chi connectivity index (χ3v) is 6.75. The molecule has 35 heavy (non-hydrogen) atoms. The van der Waals surface area contributed by atoms with Crippen LogP contribution in [0.25, 0.3) is 11.0 Å². The van der Waals surface area contributed by atoms with Gasteiger partial charge in [0.25, 0.3) is 5.91 Å². The number of ether oxygens (including phenoxy) is 1. The molecule has 0 bridgehead atoms. The SMILES string of the molecule is CCN(CC)CCN1C(=O)C(O)=C(C(=O)c2cc3cc(Cl)cc(OC)c3o2)C1c1ccc(Cl)cc1. The molecule has 0 spiro atoms. The number of rotatable bonds is 9. The van der Waals surface area contributed by atoms with Crippen molar-refractivity contribution in [3.63, 3.8) is 0 Å². The van der Waals surface area contributed by atoms with E-state index in [1.165, 1.54) is 18.1 Å². The number of methoxy groups -OCH3 is 1. The van der Waals surface area contributed by atoms with Gasteiger partial charge >= 0.3 is 0 Å². The summed E-state index contributed by atoms with van der Waals surface area (Å²) in [7, 11) is 1.48. The van der Waals surface area contributed by atoms with E-state index in [9.17, 15) is 14.7 Å². The van der Waals surface area contributed by atoms with Gasteiger partial charge in [-0.2, -0.15) is 0 Å². The summed E-state index contributed by atoms with van der Waals surface area (Å²) >= 11 is 12.2. The van der Waals surface area contributed by atoms with Crippen LogP contribution in [-0.4, -0.2) is 59.9 Å². The molecule has 0 saturated heterocycles. The van der Waals surface area contributed by atoms with Crippen LogP contribution < -0.4 is 4.74 Å². The highest BCUT2D eigenvalue weighted by molar-refractivity contribution is 6.31. The second kappa shape index (κ2) is 10.3. The van der Waals surface area contributed by atoms with Crippen molar-refractivity contribution in [2.24, 2.45) is 0 Å². The average molecular weight is 517 g/mol. The first-order valence-electron chi connectivity index (χ1n) is 11.3. The van der Waals surface area contributed by atoms with Crippen molar-refractivity contribution in [1.29, 1.82) is 0 Å². The number of aliphatic hydroxyl groups is 1. The lowest BCUT2D eigenvalue weighted by atomic mass is 9.95. The molecular formula is C26H26Cl2N2O5. The summed E-state index contributed by atoms with van der Waals surface area (Å²) in [5, 5.41) is 12.4. The minimum Gasteiger partial charge on any atom is -0.503 e. The van der Waals surface area contributed by atoms with E-state index < -0.39 is 23.5 Å². The Balaban J connectivity index is 1.77. The molecule has 7 nitrogen and oxygen atoms in total. The molecule has 1 amide bonds. The van der Waals surface area contributed by atoms with Crippen LogP contribution in [0.2, 0.25) is 10.0 Å². The highest BCUT2D eigenvalue weighted by Crippen LogP contribution is 2.41. The summed E-state index contributed by atoms with van der Waals surface area (Å²) in [5.74, 6) is -1.42. The molecule has 1 aliphatic rings. The van der Waals surface area contributed by atoms with Crippen LogP contribution in [0.1, 0.15) is 36.0 Å². The second-order valence-electron chi connectivity index (χ2n) is 8.21. The Morgan fingerprint density at radius 2 is 1.80 bits per heavy atom. The number of carbonyl (C=O) groups is 2. The minimum absolute atomic E-state index is 0.0283. The zero-order valence-corrected chi connectivity index (χ0v) is 21.2. The monoisotopic (exact) mass is 516 g/mol. The van der Waals surface area contributed by atoms with Gasteiger partial charge in [0.15, 0.2) is 22.9 Å². The molecule has 2 heterocycles. The molecule has 2 aromatic carbocycles. The topological polar surface area (TPSA) is 83.2 Å². The number of Topliss-reactive ketones (excluding diaryl/α,β-unsaturated/α-hetero) is 1. The van der Waals surface area contributed by atoms with E-state index in [1.54, 1.807) is 36.4 Å². The van der Waals surface area contributed by atoms with Gasteiger partial charge in [0.2, 0.25) is 5.78 Å². The predicted molar refractivity (Wildman–Crippen MR) is 135 cm³/mol. The van der Waals surface area contributed by atoms with E-state index in [-0.39, 0.29) is 11.3 Å². The van der Waals surface area contributed by atoms with E-state index >= 15 is 0 Å². The van der Waals surface area contributed by atoms with Crippen molar-refractivity contribution in [3.05, 3.63) is 75.2 Å². The lowest BCUT2D eigenvalue weighted by Gasteiger charge is -2.29. The molecule has 1 atom stereocenters. The third-order valence-electron chi connectivity index (χ3n) is 6.28. The van der Waals surface area contributed by atoms with Crippen LogP contribution in [0.5, 0.6) is 5.75 Å². The lowest BCUT2D eigenvalue weighted by molar-refractivity contribution is -0.129. The number of aliphatic hydroxyl groups excluding tert-OH is 1. The smallest absolute Gasteiger partial charge is 0.290 e. The molecule has 1 N–H and O–H groups in total. The second-order valence-corrected chi connectivity index (χ2v) is 9.08. The Kier molecular flexibility index (Phi) is 7.40. The summed E-state index contributed by atoms with van der Waals surface area (Å²) in [6.07, 6.45) is 0. The maximum atomic E-state index is 13.7. The highest BCUT2D eigenvalue weighted by Gasteiger charge is 2.44. The maximum Gasteiger partial charge on any atom is 0.290 e. The predicted octanol–water partition coefficient (Wildman–Crippen LogP) is 5.67. The average Bonchev–Trinajstić information content (AvgIpc) is 3.38. The van der Waals surface area contributed by atoms with Gasteiger partial charge < -0.3 is 24.1 Å². The normalized spacial score (nSPS) is 16.1. The van der Waals surface area contributed by atoms with E-state index in [0.717, 1.165) is 13.1 Å². The maximum absolute atomic E-state index is 13.7. The number of furan rings is 1. The molecule has 4 rings (SSSR count).